The van der Waals surface area contributed by atoms with Gasteiger partial charge < -0.3 is 5.32 Å². The molecule has 0 spiro atoms. The Morgan fingerprint density at radius 1 is 1.21 bits per heavy atom. The molecule has 0 aliphatic heterocycles. The fourth-order valence-corrected chi connectivity index (χ4v) is 2.47. The van der Waals surface area contributed by atoms with Crippen molar-refractivity contribution in [2.24, 2.45) is 0 Å². The van der Waals surface area contributed by atoms with Crippen molar-refractivity contribution in [2.45, 2.75) is 32.4 Å². The number of thioether (sulfide) groups is 1. The van der Waals surface area contributed by atoms with Crippen LogP contribution >= 0.6 is 11.8 Å². The minimum absolute atomic E-state index is 0.160. The first-order chi connectivity index (χ1) is 8.94. The lowest BCUT2D eigenvalue weighted by Crippen LogP contribution is -2.42. The maximum absolute atomic E-state index is 3.63. The third-order valence-corrected chi connectivity index (χ3v) is 3.78. The molecule has 1 N–H and O–H groups in total. The summed E-state index contributed by atoms with van der Waals surface area (Å²) in [4.78, 5) is 2.45. The zero-order chi connectivity index (χ0) is 14.3. The predicted molar refractivity (Wildman–Crippen MR) is 88.0 cm³/mol. The van der Waals surface area contributed by atoms with Crippen LogP contribution in [0.25, 0.3) is 0 Å². The molecule has 2 nitrogen and oxygen atoms in total. The second-order valence-corrected chi connectivity index (χ2v) is 7.02. The van der Waals surface area contributed by atoms with E-state index in [2.05, 4.69) is 74.6 Å². The Hall–Kier alpha value is -0.510. The Morgan fingerprint density at radius 2 is 1.84 bits per heavy atom. The van der Waals surface area contributed by atoms with Gasteiger partial charge in [-0.05, 0) is 39.6 Å². The van der Waals surface area contributed by atoms with Crippen molar-refractivity contribution in [2.75, 3.05) is 32.1 Å². The zero-order valence-corrected chi connectivity index (χ0v) is 13.8. The van der Waals surface area contributed by atoms with E-state index in [-0.39, 0.29) is 5.54 Å². The number of hydrogen-bond donors (Lipinski definition) is 1. The number of hydrogen-bond acceptors (Lipinski definition) is 3. The van der Waals surface area contributed by atoms with E-state index in [4.69, 9.17) is 0 Å². The van der Waals surface area contributed by atoms with E-state index in [0.717, 1.165) is 13.1 Å². The highest BCUT2D eigenvalue weighted by Crippen LogP contribution is 2.19. The molecule has 108 valence electrons. The van der Waals surface area contributed by atoms with Gasteiger partial charge >= 0.3 is 0 Å². The van der Waals surface area contributed by atoms with Crippen LogP contribution in [0.15, 0.2) is 30.3 Å². The molecule has 0 saturated heterocycles. The molecule has 0 radical (unpaired) electrons. The van der Waals surface area contributed by atoms with E-state index >= 15 is 0 Å². The monoisotopic (exact) mass is 280 g/mol. The normalized spacial score (nSPS) is 13.8. The average Bonchev–Trinajstić information content (AvgIpc) is 2.36. The van der Waals surface area contributed by atoms with Crippen LogP contribution < -0.4 is 5.32 Å². The number of likely N-dealkylation sites (N-methyl/N-ethyl adjacent to an activating group) is 1. The summed E-state index contributed by atoms with van der Waals surface area (Å²) in [5.74, 6) is 1.18. The van der Waals surface area contributed by atoms with Gasteiger partial charge in [0.2, 0.25) is 0 Å². The molecule has 0 aliphatic carbocycles. The summed E-state index contributed by atoms with van der Waals surface area (Å²) in [5, 5.41) is 3.63. The minimum Gasteiger partial charge on any atom is -0.310 e. The van der Waals surface area contributed by atoms with Gasteiger partial charge in [-0.25, -0.2) is 0 Å². The molecule has 19 heavy (non-hydrogen) atoms. The highest BCUT2D eigenvalue weighted by molar-refractivity contribution is 7.98. The molecular weight excluding hydrogens is 252 g/mol. The number of benzene rings is 1. The quantitative estimate of drug-likeness (QED) is 0.824. The molecule has 0 bridgehead atoms. The summed E-state index contributed by atoms with van der Waals surface area (Å²) in [6.07, 6.45) is 2.17. The van der Waals surface area contributed by atoms with Gasteiger partial charge in [-0.2, -0.15) is 11.8 Å². The third kappa shape index (κ3) is 6.46. The first kappa shape index (κ1) is 16.5. The van der Waals surface area contributed by atoms with Crippen molar-refractivity contribution in [1.29, 1.82) is 0 Å². The lowest BCUT2D eigenvalue weighted by molar-refractivity contribution is 0.235. The van der Waals surface area contributed by atoms with E-state index < -0.39 is 0 Å². The summed E-state index contributed by atoms with van der Waals surface area (Å²) in [5.41, 5.74) is 1.55. The average molecular weight is 280 g/mol. The lowest BCUT2D eigenvalue weighted by atomic mass is 10.0. The number of nitrogens with zero attached hydrogens (tertiary/aromatic N) is 1. The Morgan fingerprint density at radius 3 is 2.37 bits per heavy atom. The molecule has 0 fully saturated rings. The third-order valence-electron chi connectivity index (χ3n) is 3.19. The smallest absolute Gasteiger partial charge is 0.0470 e. The van der Waals surface area contributed by atoms with E-state index in [1.165, 1.54) is 11.3 Å². The lowest BCUT2D eigenvalue weighted by Gasteiger charge is -2.32. The van der Waals surface area contributed by atoms with Crippen LogP contribution in [-0.4, -0.2) is 42.6 Å². The van der Waals surface area contributed by atoms with Crippen LogP contribution in [-0.2, 0) is 0 Å². The molecule has 1 aromatic carbocycles. The van der Waals surface area contributed by atoms with Crippen molar-refractivity contribution in [3.05, 3.63) is 35.9 Å². The topological polar surface area (TPSA) is 15.3 Å². The fourth-order valence-electron chi connectivity index (χ4n) is 2.00. The molecule has 1 unspecified atom stereocenters. The number of rotatable bonds is 7. The molecule has 1 rings (SSSR count). The van der Waals surface area contributed by atoms with Gasteiger partial charge in [0, 0.05) is 30.4 Å². The summed E-state index contributed by atoms with van der Waals surface area (Å²) in [6, 6.07) is 11.2. The van der Waals surface area contributed by atoms with E-state index in [9.17, 15) is 0 Å². The van der Waals surface area contributed by atoms with Gasteiger partial charge in [0.25, 0.3) is 0 Å². The van der Waals surface area contributed by atoms with Crippen molar-refractivity contribution >= 4 is 11.8 Å². The van der Waals surface area contributed by atoms with E-state index in [1.807, 2.05) is 11.8 Å². The molecule has 0 saturated carbocycles. The van der Waals surface area contributed by atoms with Gasteiger partial charge in [0.1, 0.15) is 0 Å². The highest BCUT2D eigenvalue weighted by Gasteiger charge is 2.19. The zero-order valence-electron chi connectivity index (χ0n) is 12.9. The predicted octanol–water partition coefficient (Wildman–Crippen LogP) is 3.41. The van der Waals surface area contributed by atoms with Crippen LogP contribution in [0.1, 0.15) is 32.4 Å². The molecule has 0 aromatic heterocycles. The van der Waals surface area contributed by atoms with Gasteiger partial charge in [0.15, 0.2) is 0 Å². The minimum atomic E-state index is 0.160. The van der Waals surface area contributed by atoms with Crippen LogP contribution in [0.4, 0.5) is 0 Å². The Balaban J connectivity index is 2.73. The molecule has 1 atom stereocenters. The van der Waals surface area contributed by atoms with Gasteiger partial charge in [0.05, 0.1) is 0 Å². The van der Waals surface area contributed by atoms with E-state index in [1.54, 1.807) is 0 Å². The fraction of sp³-hybridized carbons (Fsp3) is 0.625. The molecule has 0 aliphatic rings. The van der Waals surface area contributed by atoms with Crippen LogP contribution in [0.5, 0.6) is 0 Å². The summed E-state index contributed by atoms with van der Waals surface area (Å²) >= 11 is 1.90. The molecule has 1 aromatic rings. The van der Waals surface area contributed by atoms with Gasteiger partial charge in [-0.15, -0.1) is 0 Å². The maximum atomic E-state index is 3.63. The molecule has 0 heterocycles. The Bertz CT molecular complexity index is 346. The number of nitrogens with one attached hydrogen (secondary N) is 1. The highest BCUT2D eigenvalue weighted by atomic mass is 32.2. The SMILES string of the molecule is CSCCN(C)C(CNC(C)(C)C)c1ccccc1. The standard InChI is InChI=1S/C16H28N2S/c1-16(2,3)17-13-15(18(4)11-12-19-5)14-9-7-6-8-10-14/h6-10,15,17H,11-13H2,1-5H3. The summed E-state index contributed by atoms with van der Waals surface area (Å²) < 4.78 is 0. The van der Waals surface area contributed by atoms with Crippen LogP contribution in [0, 0.1) is 0 Å². The van der Waals surface area contributed by atoms with Crippen molar-refractivity contribution in [3.63, 3.8) is 0 Å². The Kier molecular flexibility index (Phi) is 6.90. The van der Waals surface area contributed by atoms with Crippen molar-refractivity contribution in [3.8, 4) is 0 Å². The van der Waals surface area contributed by atoms with Gasteiger partial charge in [-0.1, -0.05) is 30.3 Å². The first-order valence-corrected chi connectivity index (χ1v) is 8.32. The van der Waals surface area contributed by atoms with Crippen LogP contribution in [0.2, 0.25) is 0 Å². The molecular formula is C16H28N2S. The Labute approximate surface area is 123 Å². The second-order valence-electron chi connectivity index (χ2n) is 6.03. The molecule has 3 heteroatoms. The van der Waals surface area contributed by atoms with E-state index in [0.29, 0.717) is 6.04 Å². The van der Waals surface area contributed by atoms with Gasteiger partial charge in [-0.3, -0.25) is 4.90 Å². The van der Waals surface area contributed by atoms with Crippen LogP contribution in [0.3, 0.4) is 0 Å². The maximum Gasteiger partial charge on any atom is 0.0470 e. The summed E-state index contributed by atoms with van der Waals surface area (Å²) in [7, 11) is 2.22. The summed E-state index contributed by atoms with van der Waals surface area (Å²) in [6.45, 7) is 8.76. The van der Waals surface area contributed by atoms with Crippen molar-refractivity contribution < 1.29 is 0 Å². The molecule has 0 amide bonds. The van der Waals surface area contributed by atoms with Crippen molar-refractivity contribution in [1.82, 2.24) is 10.2 Å². The second kappa shape index (κ2) is 7.93. The first-order valence-electron chi connectivity index (χ1n) is 6.93. The largest absolute Gasteiger partial charge is 0.310 e.